The molecule has 1 aromatic carbocycles. The van der Waals surface area contributed by atoms with Gasteiger partial charge in [0.1, 0.15) is 11.8 Å². The van der Waals surface area contributed by atoms with Crippen molar-refractivity contribution >= 4 is 0 Å². The first-order valence-electron chi connectivity index (χ1n) is 5.58. The highest BCUT2D eigenvalue weighted by Crippen LogP contribution is 2.13. The summed E-state index contributed by atoms with van der Waals surface area (Å²) in [5.74, 6) is 0.751. The van der Waals surface area contributed by atoms with Crippen LogP contribution in [0.4, 0.5) is 0 Å². The Morgan fingerprint density at radius 3 is 2.62 bits per heavy atom. The molecule has 0 radical (unpaired) electrons. The molecule has 0 aliphatic rings. The molecule has 1 atom stereocenters. The van der Waals surface area contributed by atoms with E-state index >= 15 is 0 Å². The summed E-state index contributed by atoms with van der Waals surface area (Å²) < 4.78 is 5.19. The average Bonchev–Trinajstić information content (AvgIpc) is 2.28. The average molecular weight is 218 g/mol. The van der Waals surface area contributed by atoms with Crippen LogP contribution < -0.4 is 10.1 Å². The number of nitrogens with zero attached hydrogens (tertiary/aromatic N) is 1. The van der Waals surface area contributed by atoms with Crippen molar-refractivity contribution in [3.05, 3.63) is 29.8 Å². The summed E-state index contributed by atoms with van der Waals surface area (Å²) in [6.07, 6.45) is 1.01. The minimum atomic E-state index is 0.104. The number of hydrogen-bond acceptors (Lipinski definition) is 3. The van der Waals surface area contributed by atoms with E-state index in [2.05, 4.69) is 19.2 Å². The second kappa shape index (κ2) is 6.86. The topological polar surface area (TPSA) is 45.0 Å². The maximum atomic E-state index is 8.38. The summed E-state index contributed by atoms with van der Waals surface area (Å²) in [6.45, 7) is 5.37. The van der Waals surface area contributed by atoms with E-state index in [1.165, 1.54) is 5.56 Å². The Morgan fingerprint density at radius 1 is 1.38 bits per heavy atom. The highest BCUT2D eigenvalue weighted by Gasteiger charge is 2.01. The van der Waals surface area contributed by atoms with Crippen LogP contribution in [0.2, 0.25) is 0 Å². The van der Waals surface area contributed by atoms with Crippen molar-refractivity contribution in [2.45, 2.75) is 26.3 Å². The number of ether oxygens (including phenoxy) is 1. The van der Waals surface area contributed by atoms with Crippen LogP contribution in [0.25, 0.3) is 0 Å². The number of benzene rings is 1. The van der Waals surface area contributed by atoms with Gasteiger partial charge in [0, 0.05) is 6.04 Å². The van der Waals surface area contributed by atoms with E-state index in [1.807, 2.05) is 30.3 Å². The molecule has 0 fully saturated rings. The Kier molecular flexibility index (Phi) is 5.38. The maximum absolute atomic E-state index is 8.38. The molecule has 1 aromatic rings. The zero-order valence-corrected chi connectivity index (χ0v) is 9.86. The van der Waals surface area contributed by atoms with Crippen LogP contribution in [0.3, 0.4) is 0 Å². The van der Waals surface area contributed by atoms with E-state index in [0.717, 1.165) is 18.7 Å². The van der Waals surface area contributed by atoms with Gasteiger partial charge in [0.25, 0.3) is 0 Å². The van der Waals surface area contributed by atoms with Gasteiger partial charge in [-0.15, -0.1) is 0 Å². The van der Waals surface area contributed by atoms with Crippen molar-refractivity contribution in [2.75, 3.05) is 13.2 Å². The summed E-state index contributed by atoms with van der Waals surface area (Å²) in [5.41, 5.74) is 1.28. The molecule has 0 aliphatic carbocycles. The molecule has 0 aromatic heterocycles. The van der Waals surface area contributed by atoms with Crippen molar-refractivity contribution < 1.29 is 4.74 Å². The van der Waals surface area contributed by atoms with E-state index in [1.54, 1.807) is 0 Å². The third-order valence-electron chi connectivity index (χ3n) is 2.32. The Bertz CT molecular complexity index is 340. The van der Waals surface area contributed by atoms with Crippen molar-refractivity contribution in [1.82, 2.24) is 5.32 Å². The molecule has 3 nitrogen and oxygen atoms in total. The highest BCUT2D eigenvalue weighted by atomic mass is 16.5. The number of nitriles is 1. The second-order valence-electron chi connectivity index (χ2n) is 3.75. The summed E-state index contributed by atoms with van der Waals surface area (Å²) in [4.78, 5) is 0. The van der Waals surface area contributed by atoms with Gasteiger partial charge in [-0.1, -0.05) is 19.1 Å². The first kappa shape index (κ1) is 12.5. The van der Waals surface area contributed by atoms with Crippen LogP contribution in [0.1, 0.15) is 19.4 Å². The Morgan fingerprint density at radius 2 is 2.06 bits per heavy atom. The zero-order valence-electron chi connectivity index (χ0n) is 9.86. The van der Waals surface area contributed by atoms with Crippen LogP contribution in [0, 0.1) is 11.3 Å². The minimum Gasteiger partial charge on any atom is -0.479 e. The SMILES string of the molecule is CCNC(C)Cc1ccc(OCC#N)cc1. The highest BCUT2D eigenvalue weighted by molar-refractivity contribution is 5.27. The van der Waals surface area contributed by atoms with Crippen molar-refractivity contribution in [3.63, 3.8) is 0 Å². The molecule has 0 amide bonds. The first-order chi connectivity index (χ1) is 7.76. The molecule has 0 saturated heterocycles. The monoisotopic (exact) mass is 218 g/mol. The maximum Gasteiger partial charge on any atom is 0.174 e. The van der Waals surface area contributed by atoms with Crippen LogP contribution >= 0.6 is 0 Å². The molecule has 1 N–H and O–H groups in total. The molecule has 1 unspecified atom stereocenters. The van der Waals surface area contributed by atoms with E-state index in [4.69, 9.17) is 10.00 Å². The Labute approximate surface area is 97.0 Å². The summed E-state index contributed by atoms with van der Waals surface area (Å²) in [7, 11) is 0. The number of rotatable bonds is 6. The zero-order chi connectivity index (χ0) is 11.8. The van der Waals surface area contributed by atoms with Gasteiger partial charge in [0.15, 0.2) is 6.61 Å². The molecule has 0 heterocycles. The molecule has 86 valence electrons. The van der Waals surface area contributed by atoms with E-state index in [-0.39, 0.29) is 6.61 Å². The third kappa shape index (κ3) is 4.33. The smallest absolute Gasteiger partial charge is 0.174 e. The molecule has 0 bridgehead atoms. The summed E-state index contributed by atoms with van der Waals surface area (Å²) in [6, 6.07) is 10.3. The predicted octanol–water partition coefficient (Wildman–Crippen LogP) is 2.13. The van der Waals surface area contributed by atoms with Crippen LogP contribution in [0.5, 0.6) is 5.75 Å². The second-order valence-corrected chi connectivity index (χ2v) is 3.75. The van der Waals surface area contributed by atoms with Gasteiger partial charge in [-0.25, -0.2) is 0 Å². The number of hydrogen-bond donors (Lipinski definition) is 1. The molecular weight excluding hydrogens is 200 g/mol. The van der Waals surface area contributed by atoms with E-state index in [0.29, 0.717) is 6.04 Å². The standard InChI is InChI=1S/C13H18N2O/c1-3-15-11(2)10-12-4-6-13(7-5-12)16-9-8-14/h4-7,11,15H,3,9-10H2,1-2H3. The first-order valence-corrected chi connectivity index (χ1v) is 5.58. The lowest BCUT2D eigenvalue weighted by Crippen LogP contribution is -2.27. The lowest BCUT2D eigenvalue weighted by molar-refractivity contribution is 0.368. The number of likely N-dealkylation sites (N-methyl/N-ethyl adjacent to an activating group) is 1. The fraction of sp³-hybridized carbons (Fsp3) is 0.462. The molecule has 1 rings (SSSR count). The molecular formula is C13H18N2O. The summed E-state index contributed by atoms with van der Waals surface area (Å²) >= 11 is 0. The fourth-order valence-electron chi connectivity index (χ4n) is 1.61. The van der Waals surface area contributed by atoms with Crippen molar-refractivity contribution in [3.8, 4) is 11.8 Å². The lowest BCUT2D eigenvalue weighted by Gasteiger charge is -2.12. The number of nitrogens with one attached hydrogen (secondary N) is 1. The van der Waals surface area contributed by atoms with Gasteiger partial charge in [0.2, 0.25) is 0 Å². The van der Waals surface area contributed by atoms with Gasteiger partial charge < -0.3 is 10.1 Å². The van der Waals surface area contributed by atoms with Crippen LogP contribution in [-0.4, -0.2) is 19.2 Å². The summed E-state index contributed by atoms with van der Waals surface area (Å²) in [5, 5.41) is 11.7. The quantitative estimate of drug-likeness (QED) is 0.795. The Hall–Kier alpha value is -1.53. The minimum absolute atomic E-state index is 0.104. The van der Waals surface area contributed by atoms with Crippen molar-refractivity contribution in [1.29, 1.82) is 5.26 Å². The van der Waals surface area contributed by atoms with Gasteiger partial charge in [0.05, 0.1) is 0 Å². The Balaban J connectivity index is 2.48. The van der Waals surface area contributed by atoms with Crippen LogP contribution in [0.15, 0.2) is 24.3 Å². The fourth-order valence-corrected chi connectivity index (χ4v) is 1.61. The molecule has 0 saturated carbocycles. The molecule has 16 heavy (non-hydrogen) atoms. The molecule has 3 heteroatoms. The van der Waals surface area contributed by atoms with Gasteiger partial charge in [-0.3, -0.25) is 0 Å². The van der Waals surface area contributed by atoms with Gasteiger partial charge in [-0.2, -0.15) is 5.26 Å². The third-order valence-corrected chi connectivity index (χ3v) is 2.32. The normalized spacial score (nSPS) is 11.8. The largest absolute Gasteiger partial charge is 0.479 e. The van der Waals surface area contributed by atoms with Crippen LogP contribution in [-0.2, 0) is 6.42 Å². The molecule has 0 spiro atoms. The van der Waals surface area contributed by atoms with E-state index < -0.39 is 0 Å². The lowest BCUT2D eigenvalue weighted by atomic mass is 10.1. The van der Waals surface area contributed by atoms with Gasteiger partial charge >= 0.3 is 0 Å². The van der Waals surface area contributed by atoms with Gasteiger partial charge in [-0.05, 0) is 37.6 Å². The molecule has 0 aliphatic heterocycles. The predicted molar refractivity (Wildman–Crippen MR) is 64.4 cm³/mol. The van der Waals surface area contributed by atoms with E-state index in [9.17, 15) is 0 Å². The van der Waals surface area contributed by atoms with Crippen molar-refractivity contribution in [2.24, 2.45) is 0 Å².